The summed E-state index contributed by atoms with van der Waals surface area (Å²) in [7, 11) is -3.63. The number of hydrogen-bond acceptors (Lipinski definition) is 5. The predicted molar refractivity (Wildman–Crippen MR) is 76.8 cm³/mol. The number of hydrogen-bond donors (Lipinski definition) is 0. The van der Waals surface area contributed by atoms with E-state index in [1.165, 1.54) is 12.1 Å². The standard InChI is InChI=1S/C13H18N2O4S/c1-13(2)6-7-14(9-13)10-4-5-11(15(16)17)12(8-10)20(3,18)19/h4-5,8H,6-7,9H2,1-3H3. The summed E-state index contributed by atoms with van der Waals surface area (Å²) < 4.78 is 23.5. The molecule has 1 aliphatic heterocycles. The van der Waals surface area contributed by atoms with E-state index in [0.717, 1.165) is 31.5 Å². The van der Waals surface area contributed by atoms with Crippen LogP contribution in [-0.4, -0.2) is 32.7 Å². The van der Waals surface area contributed by atoms with E-state index < -0.39 is 14.8 Å². The molecule has 0 N–H and O–H groups in total. The van der Waals surface area contributed by atoms with Crippen LogP contribution in [0.4, 0.5) is 11.4 Å². The number of benzene rings is 1. The highest BCUT2D eigenvalue weighted by molar-refractivity contribution is 7.90. The summed E-state index contributed by atoms with van der Waals surface area (Å²) in [4.78, 5) is 12.1. The molecule has 0 radical (unpaired) electrons. The molecule has 6 nitrogen and oxygen atoms in total. The molecule has 0 unspecified atom stereocenters. The Morgan fingerprint density at radius 3 is 2.45 bits per heavy atom. The van der Waals surface area contributed by atoms with Crippen LogP contribution in [0.25, 0.3) is 0 Å². The zero-order valence-corrected chi connectivity index (χ0v) is 12.6. The highest BCUT2D eigenvalue weighted by Crippen LogP contribution is 2.35. The van der Waals surface area contributed by atoms with Gasteiger partial charge in [0.25, 0.3) is 5.69 Å². The van der Waals surface area contributed by atoms with Gasteiger partial charge in [0.05, 0.1) is 4.92 Å². The van der Waals surface area contributed by atoms with Crippen LogP contribution in [-0.2, 0) is 9.84 Å². The lowest BCUT2D eigenvalue weighted by Crippen LogP contribution is -2.23. The summed E-state index contributed by atoms with van der Waals surface area (Å²) in [5.41, 5.74) is 0.531. The van der Waals surface area contributed by atoms with Crippen molar-refractivity contribution in [2.45, 2.75) is 25.2 Å². The van der Waals surface area contributed by atoms with Gasteiger partial charge in [-0.15, -0.1) is 0 Å². The van der Waals surface area contributed by atoms with Gasteiger partial charge < -0.3 is 4.90 Å². The fourth-order valence-corrected chi connectivity index (χ4v) is 3.34. The predicted octanol–water partition coefficient (Wildman–Crippen LogP) is 2.23. The molecule has 1 saturated heterocycles. The molecule has 0 amide bonds. The summed E-state index contributed by atoms with van der Waals surface area (Å²) in [6.45, 7) is 5.94. The smallest absolute Gasteiger partial charge is 0.288 e. The summed E-state index contributed by atoms with van der Waals surface area (Å²) in [5.74, 6) is 0. The second-order valence-corrected chi connectivity index (χ2v) is 8.00. The first-order valence-electron chi connectivity index (χ1n) is 6.34. The number of nitro benzene ring substituents is 1. The first-order valence-corrected chi connectivity index (χ1v) is 8.23. The van der Waals surface area contributed by atoms with Gasteiger partial charge in [-0.2, -0.15) is 0 Å². The van der Waals surface area contributed by atoms with Gasteiger partial charge in [0, 0.05) is 31.1 Å². The molecule has 0 atom stereocenters. The monoisotopic (exact) mass is 298 g/mol. The van der Waals surface area contributed by atoms with E-state index in [-0.39, 0.29) is 16.0 Å². The molecule has 20 heavy (non-hydrogen) atoms. The third-order valence-electron chi connectivity index (χ3n) is 3.58. The molecule has 0 bridgehead atoms. The van der Waals surface area contributed by atoms with Crippen molar-refractivity contribution in [3.05, 3.63) is 28.3 Å². The molecule has 110 valence electrons. The van der Waals surface area contributed by atoms with Gasteiger partial charge >= 0.3 is 0 Å². The number of sulfone groups is 1. The van der Waals surface area contributed by atoms with Gasteiger partial charge in [0.2, 0.25) is 0 Å². The average molecular weight is 298 g/mol. The Bertz CT molecular complexity index is 652. The quantitative estimate of drug-likeness (QED) is 0.631. The van der Waals surface area contributed by atoms with Crippen molar-refractivity contribution in [2.75, 3.05) is 24.2 Å². The number of nitrogens with zero attached hydrogens (tertiary/aromatic N) is 2. The van der Waals surface area contributed by atoms with Gasteiger partial charge in [-0.25, -0.2) is 8.42 Å². The Morgan fingerprint density at radius 1 is 1.35 bits per heavy atom. The summed E-state index contributed by atoms with van der Waals surface area (Å²) >= 11 is 0. The molecular weight excluding hydrogens is 280 g/mol. The van der Waals surface area contributed by atoms with Gasteiger partial charge in [-0.05, 0) is 24.0 Å². The molecule has 0 aliphatic carbocycles. The highest BCUT2D eigenvalue weighted by atomic mass is 32.2. The fourth-order valence-electron chi connectivity index (χ4n) is 2.48. The summed E-state index contributed by atoms with van der Waals surface area (Å²) in [6.07, 6.45) is 2.01. The van der Waals surface area contributed by atoms with Crippen molar-refractivity contribution in [1.82, 2.24) is 0 Å². The van der Waals surface area contributed by atoms with Gasteiger partial charge in [-0.1, -0.05) is 13.8 Å². The van der Waals surface area contributed by atoms with Crippen LogP contribution in [0.2, 0.25) is 0 Å². The van der Waals surface area contributed by atoms with E-state index in [2.05, 4.69) is 18.7 Å². The summed E-state index contributed by atoms with van der Waals surface area (Å²) in [5, 5.41) is 10.9. The van der Waals surface area contributed by atoms with Crippen LogP contribution in [0.1, 0.15) is 20.3 Å². The van der Waals surface area contributed by atoms with Crippen molar-refractivity contribution in [1.29, 1.82) is 0 Å². The lowest BCUT2D eigenvalue weighted by atomic mass is 9.93. The molecule has 1 fully saturated rings. The zero-order chi connectivity index (χ0) is 15.1. The minimum absolute atomic E-state index is 0.174. The zero-order valence-electron chi connectivity index (χ0n) is 11.8. The van der Waals surface area contributed by atoms with Crippen LogP contribution in [0.15, 0.2) is 23.1 Å². The third-order valence-corrected chi connectivity index (χ3v) is 4.71. The van der Waals surface area contributed by atoms with E-state index in [4.69, 9.17) is 0 Å². The van der Waals surface area contributed by atoms with E-state index in [1.807, 2.05) is 0 Å². The van der Waals surface area contributed by atoms with Crippen molar-refractivity contribution in [2.24, 2.45) is 5.41 Å². The average Bonchev–Trinajstić information content (AvgIpc) is 2.67. The fraction of sp³-hybridized carbons (Fsp3) is 0.538. The van der Waals surface area contributed by atoms with Crippen molar-refractivity contribution in [3.63, 3.8) is 0 Å². The Balaban J connectivity index is 2.46. The molecule has 0 aromatic heterocycles. The SMILES string of the molecule is CC1(C)CCN(c2ccc([N+](=O)[O-])c(S(C)(=O)=O)c2)C1. The molecule has 7 heteroatoms. The minimum atomic E-state index is -3.63. The van der Waals surface area contributed by atoms with E-state index in [0.29, 0.717) is 0 Å². The second-order valence-electron chi connectivity index (χ2n) is 6.02. The van der Waals surface area contributed by atoms with Crippen LogP contribution >= 0.6 is 0 Å². The number of anilines is 1. The molecule has 2 rings (SSSR count). The first kappa shape index (κ1) is 14.8. The van der Waals surface area contributed by atoms with Crippen LogP contribution in [0, 0.1) is 15.5 Å². The maximum atomic E-state index is 11.7. The number of nitro groups is 1. The largest absolute Gasteiger partial charge is 0.371 e. The van der Waals surface area contributed by atoms with Crippen LogP contribution in [0.3, 0.4) is 0 Å². The Hall–Kier alpha value is -1.63. The van der Waals surface area contributed by atoms with E-state index in [9.17, 15) is 18.5 Å². The highest BCUT2D eigenvalue weighted by Gasteiger charge is 2.31. The minimum Gasteiger partial charge on any atom is -0.371 e. The molecule has 0 spiro atoms. The van der Waals surface area contributed by atoms with Crippen LogP contribution < -0.4 is 4.90 Å². The summed E-state index contributed by atoms with van der Waals surface area (Å²) in [6, 6.07) is 4.31. The van der Waals surface area contributed by atoms with E-state index >= 15 is 0 Å². The second kappa shape index (κ2) is 4.73. The Morgan fingerprint density at radius 2 is 2.00 bits per heavy atom. The Kier molecular flexibility index (Phi) is 3.49. The topological polar surface area (TPSA) is 80.5 Å². The van der Waals surface area contributed by atoms with Crippen molar-refractivity contribution >= 4 is 21.2 Å². The van der Waals surface area contributed by atoms with E-state index in [1.54, 1.807) is 6.07 Å². The van der Waals surface area contributed by atoms with Crippen molar-refractivity contribution < 1.29 is 13.3 Å². The number of rotatable bonds is 3. The molecule has 1 aliphatic rings. The maximum Gasteiger partial charge on any atom is 0.288 e. The molecule has 1 aromatic rings. The molecule has 0 saturated carbocycles. The maximum absolute atomic E-state index is 11.7. The van der Waals surface area contributed by atoms with Crippen molar-refractivity contribution in [3.8, 4) is 0 Å². The molecule has 1 aromatic carbocycles. The van der Waals surface area contributed by atoms with Gasteiger partial charge in [-0.3, -0.25) is 10.1 Å². The lowest BCUT2D eigenvalue weighted by molar-refractivity contribution is -0.387. The Labute approximate surface area is 118 Å². The lowest BCUT2D eigenvalue weighted by Gasteiger charge is -2.22. The third kappa shape index (κ3) is 2.92. The van der Waals surface area contributed by atoms with Crippen LogP contribution in [0.5, 0.6) is 0 Å². The normalized spacial score (nSPS) is 18.2. The van der Waals surface area contributed by atoms with Gasteiger partial charge in [0.15, 0.2) is 9.84 Å². The molecule has 1 heterocycles. The first-order chi connectivity index (χ1) is 9.10. The van der Waals surface area contributed by atoms with Gasteiger partial charge in [0.1, 0.15) is 4.90 Å². The molecular formula is C13H18N2O4S.